The van der Waals surface area contributed by atoms with Gasteiger partial charge in [0, 0.05) is 6.54 Å². The first kappa shape index (κ1) is 13.2. The molecule has 1 N–H and O–H groups in total. The molecule has 1 aromatic rings. The summed E-state index contributed by atoms with van der Waals surface area (Å²) in [5.74, 6) is 3.03. The minimum Gasteiger partial charge on any atom is -0.493 e. The van der Waals surface area contributed by atoms with Crippen LogP contribution in [0.3, 0.4) is 0 Å². The summed E-state index contributed by atoms with van der Waals surface area (Å²) in [5, 5.41) is 3.31. The van der Waals surface area contributed by atoms with E-state index in [2.05, 4.69) is 17.4 Å². The highest BCUT2D eigenvalue weighted by molar-refractivity contribution is 5.44. The predicted molar refractivity (Wildman–Crippen MR) is 73.6 cm³/mol. The molecule has 0 heterocycles. The molecule has 1 unspecified atom stereocenters. The van der Waals surface area contributed by atoms with E-state index < -0.39 is 0 Å². The largest absolute Gasteiger partial charge is 0.493 e. The second-order valence-corrected chi connectivity index (χ2v) is 4.97. The lowest BCUT2D eigenvalue weighted by Gasteiger charge is -2.34. The zero-order chi connectivity index (χ0) is 13.0. The van der Waals surface area contributed by atoms with Gasteiger partial charge in [0.2, 0.25) is 0 Å². The first-order valence-electron chi connectivity index (χ1n) is 6.66. The van der Waals surface area contributed by atoms with Crippen LogP contribution in [0.4, 0.5) is 0 Å². The summed E-state index contributed by atoms with van der Waals surface area (Å²) >= 11 is 0. The maximum absolute atomic E-state index is 5.39. The van der Waals surface area contributed by atoms with Gasteiger partial charge in [-0.25, -0.2) is 0 Å². The Balaban J connectivity index is 2.23. The highest BCUT2D eigenvalue weighted by Gasteiger charge is 2.28. The summed E-state index contributed by atoms with van der Waals surface area (Å²) in [6, 6.07) is 6.30. The van der Waals surface area contributed by atoms with E-state index >= 15 is 0 Å². The van der Waals surface area contributed by atoms with Gasteiger partial charge in [0.25, 0.3) is 0 Å². The van der Waals surface area contributed by atoms with Gasteiger partial charge < -0.3 is 14.8 Å². The summed E-state index contributed by atoms with van der Waals surface area (Å²) < 4.78 is 10.7. The third-order valence-corrected chi connectivity index (χ3v) is 3.98. The Morgan fingerprint density at radius 2 is 1.94 bits per heavy atom. The van der Waals surface area contributed by atoms with E-state index in [1.54, 1.807) is 14.2 Å². The van der Waals surface area contributed by atoms with Crippen molar-refractivity contribution in [2.45, 2.75) is 25.2 Å². The lowest BCUT2D eigenvalue weighted by Crippen LogP contribution is -2.28. The van der Waals surface area contributed by atoms with Gasteiger partial charge in [-0.2, -0.15) is 0 Å². The van der Waals surface area contributed by atoms with Gasteiger partial charge in [-0.1, -0.05) is 12.5 Å². The molecule has 0 bridgehead atoms. The normalized spacial score (nSPS) is 17.1. The van der Waals surface area contributed by atoms with Gasteiger partial charge in [-0.05, 0) is 49.4 Å². The van der Waals surface area contributed by atoms with Crippen molar-refractivity contribution < 1.29 is 9.47 Å². The van der Waals surface area contributed by atoms with Gasteiger partial charge in [0.15, 0.2) is 11.5 Å². The molecule has 18 heavy (non-hydrogen) atoms. The fourth-order valence-corrected chi connectivity index (χ4v) is 2.70. The van der Waals surface area contributed by atoms with Crippen molar-refractivity contribution in [1.82, 2.24) is 5.32 Å². The Morgan fingerprint density at radius 1 is 1.22 bits per heavy atom. The van der Waals surface area contributed by atoms with Gasteiger partial charge in [-0.3, -0.25) is 0 Å². The van der Waals surface area contributed by atoms with E-state index in [1.807, 2.05) is 13.1 Å². The topological polar surface area (TPSA) is 30.5 Å². The molecule has 2 rings (SSSR count). The van der Waals surface area contributed by atoms with Crippen LogP contribution in [0.25, 0.3) is 0 Å². The molecule has 100 valence electrons. The van der Waals surface area contributed by atoms with Crippen LogP contribution in [-0.2, 0) is 0 Å². The van der Waals surface area contributed by atoms with Crippen molar-refractivity contribution in [3.8, 4) is 11.5 Å². The summed E-state index contributed by atoms with van der Waals surface area (Å²) in [6.45, 7) is 1.03. The van der Waals surface area contributed by atoms with Crippen LogP contribution in [0.2, 0.25) is 0 Å². The number of nitrogens with one attached hydrogen (secondary N) is 1. The quantitative estimate of drug-likeness (QED) is 0.841. The van der Waals surface area contributed by atoms with E-state index in [0.29, 0.717) is 5.92 Å². The van der Waals surface area contributed by atoms with Gasteiger partial charge in [0.1, 0.15) is 0 Å². The summed E-state index contributed by atoms with van der Waals surface area (Å²) in [7, 11) is 5.39. The maximum atomic E-state index is 5.39. The molecule has 1 aromatic carbocycles. The molecule has 0 radical (unpaired) electrons. The Labute approximate surface area is 109 Å². The Morgan fingerprint density at radius 3 is 2.44 bits per heavy atom. The smallest absolute Gasteiger partial charge is 0.160 e. The van der Waals surface area contributed by atoms with E-state index in [0.717, 1.165) is 24.0 Å². The monoisotopic (exact) mass is 249 g/mol. The van der Waals surface area contributed by atoms with Crippen LogP contribution < -0.4 is 14.8 Å². The van der Waals surface area contributed by atoms with Crippen LogP contribution in [0.15, 0.2) is 18.2 Å². The van der Waals surface area contributed by atoms with E-state index in [1.165, 1.54) is 24.8 Å². The Hall–Kier alpha value is -1.22. The van der Waals surface area contributed by atoms with E-state index in [9.17, 15) is 0 Å². The molecule has 1 aliphatic rings. The standard InChI is InChI=1S/C15H23NO2/c1-16-10-13(11-5-4-6-11)12-7-8-14(17-2)15(9-12)18-3/h7-9,11,13,16H,4-6,10H2,1-3H3. The fraction of sp³-hybridized carbons (Fsp3) is 0.600. The molecule has 0 spiro atoms. The predicted octanol–water partition coefficient (Wildman–Crippen LogP) is 2.81. The lowest BCUT2D eigenvalue weighted by atomic mass is 9.73. The van der Waals surface area contributed by atoms with Crippen LogP contribution in [-0.4, -0.2) is 27.8 Å². The average molecular weight is 249 g/mol. The molecule has 0 aliphatic heterocycles. The number of methoxy groups -OCH3 is 2. The summed E-state index contributed by atoms with van der Waals surface area (Å²) in [5.41, 5.74) is 1.35. The minimum absolute atomic E-state index is 0.587. The summed E-state index contributed by atoms with van der Waals surface area (Å²) in [4.78, 5) is 0. The Bertz CT molecular complexity index is 388. The fourth-order valence-electron chi connectivity index (χ4n) is 2.70. The van der Waals surface area contributed by atoms with Crippen molar-refractivity contribution in [1.29, 1.82) is 0 Å². The number of hydrogen-bond donors (Lipinski definition) is 1. The molecule has 1 fully saturated rings. The van der Waals surface area contributed by atoms with Crippen molar-refractivity contribution in [2.24, 2.45) is 5.92 Å². The number of benzene rings is 1. The SMILES string of the molecule is CNCC(c1ccc(OC)c(OC)c1)C1CCC1. The third-order valence-electron chi connectivity index (χ3n) is 3.98. The van der Waals surface area contributed by atoms with Crippen molar-refractivity contribution in [2.75, 3.05) is 27.8 Å². The van der Waals surface area contributed by atoms with E-state index in [-0.39, 0.29) is 0 Å². The minimum atomic E-state index is 0.587. The highest BCUT2D eigenvalue weighted by Crippen LogP contribution is 2.41. The highest BCUT2D eigenvalue weighted by atomic mass is 16.5. The average Bonchev–Trinajstić information content (AvgIpc) is 2.35. The van der Waals surface area contributed by atoms with Crippen LogP contribution in [0.1, 0.15) is 30.7 Å². The van der Waals surface area contributed by atoms with Crippen LogP contribution in [0, 0.1) is 5.92 Å². The van der Waals surface area contributed by atoms with E-state index in [4.69, 9.17) is 9.47 Å². The Kier molecular flexibility index (Phi) is 4.48. The number of hydrogen-bond acceptors (Lipinski definition) is 3. The van der Waals surface area contributed by atoms with Crippen LogP contribution >= 0.6 is 0 Å². The number of rotatable bonds is 6. The zero-order valence-corrected chi connectivity index (χ0v) is 11.5. The molecule has 3 heteroatoms. The zero-order valence-electron chi connectivity index (χ0n) is 11.5. The molecule has 1 atom stereocenters. The van der Waals surface area contributed by atoms with Crippen molar-refractivity contribution in [3.05, 3.63) is 23.8 Å². The van der Waals surface area contributed by atoms with Gasteiger partial charge in [0.05, 0.1) is 14.2 Å². The lowest BCUT2D eigenvalue weighted by molar-refractivity contribution is 0.257. The van der Waals surface area contributed by atoms with Crippen LogP contribution in [0.5, 0.6) is 11.5 Å². The van der Waals surface area contributed by atoms with Gasteiger partial charge in [-0.15, -0.1) is 0 Å². The number of ether oxygens (including phenoxy) is 2. The second kappa shape index (κ2) is 6.10. The molecular weight excluding hydrogens is 226 g/mol. The molecule has 1 saturated carbocycles. The first-order chi connectivity index (χ1) is 8.80. The van der Waals surface area contributed by atoms with Crippen molar-refractivity contribution in [3.63, 3.8) is 0 Å². The maximum Gasteiger partial charge on any atom is 0.160 e. The molecule has 0 saturated heterocycles. The molecule has 3 nitrogen and oxygen atoms in total. The molecule has 0 amide bonds. The molecule has 0 aromatic heterocycles. The summed E-state index contributed by atoms with van der Waals surface area (Å²) in [6.07, 6.45) is 4.07. The first-order valence-corrected chi connectivity index (χ1v) is 6.66. The molecular formula is C15H23NO2. The second-order valence-electron chi connectivity index (χ2n) is 4.97. The van der Waals surface area contributed by atoms with Gasteiger partial charge >= 0.3 is 0 Å². The van der Waals surface area contributed by atoms with Crippen molar-refractivity contribution >= 4 is 0 Å². The molecule has 1 aliphatic carbocycles. The third kappa shape index (κ3) is 2.61. The number of likely N-dealkylation sites (N-methyl/N-ethyl adjacent to an activating group) is 1.